The molecule has 0 spiro atoms. The number of carbonyl (C=O) groups excluding carboxylic acids is 3. The Bertz CT molecular complexity index is 3680. The van der Waals surface area contributed by atoms with E-state index in [9.17, 15) is 182 Å². The molecule has 0 aromatic carbocycles. The van der Waals surface area contributed by atoms with Crippen LogP contribution in [-0.2, 0) is 118 Å². The average molecular weight is 1970 g/mol. The number of amides is 3. The Balaban J connectivity index is 0.937. The third-order valence-corrected chi connectivity index (χ3v) is 25.2. The lowest BCUT2D eigenvalue weighted by molar-refractivity contribution is -0.399. The maximum absolute atomic E-state index is 13.3. The molecule has 3 amide bonds. The molecule has 11 fully saturated rings. The normalized spacial score (nSPS) is 50.3. The van der Waals surface area contributed by atoms with E-state index in [1.807, 2.05) is 0 Å². The molecule has 11 aliphatic rings. The molecule has 35 N–H and O–H groups in total. The molecule has 0 radical (unpaired) electrons. The van der Waals surface area contributed by atoms with Crippen LogP contribution in [0.5, 0.6) is 0 Å². The van der Waals surface area contributed by atoms with E-state index in [0.29, 0.717) is 0 Å². The zero-order chi connectivity index (χ0) is 98.0. The fourth-order valence-electron chi connectivity index (χ4n) is 17.0. The van der Waals surface area contributed by atoms with Crippen molar-refractivity contribution in [1.29, 1.82) is 0 Å². The minimum atomic E-state index is -5.13. The Labute approximate surface area is 751 Å². The molecule has 60 nitrogen and oxygen atoms in total. The van der Waals surface area contributed by atoms with Gasteiger partial charge in [-0.1, -0.05) is 0 Å². The molecule has 61 heteroatoms. The summed E-state index contributed by atoms with van der Waals surface area (Å²) < 4.78 is 136. The molecule has 772 valence electrons. The largest absolute Gasteiger partial charge is 0.394 e. The molecule has 0 aliphatic carbocycles. The first-order valence-corrected chi connectivity index (χ1v) is 43.9. The van der Waals surface area contributed by atoms with Gasteiger partial charge in [-0.3, -0.25) is 18.9 Å². The molecular formula is C72H122N3O57P. The average Bonchev–Trinajstić information content (AvgIpc) is 0.755. The zero-order valence-corrected chi connectivity index (χ0v) is 71.7. The molecule has 0 bridgehead atoms. The standard InChI is InChI=1S/C72H122N3O57P/c1-15-32(85)43(96)49(102)65(115-15)113-13-27-57(40(93)29(62(108)116-27)73-16(2)82)126-63-30(74-17(3)83)41(94)56(24(10-81)121-63)128-70-54(107)59(130-72-61(48(101)36(89)22(8-79)120-72)131-64-31(75-18(4)84)42(95)55(23(9-80)122-64)127-67-50(103)44(97)33(86)19(5-76)117-67)39(92)26(124-70)11-112-66-53(106)58(129-68-51(104)45(98)34(87)20(6-77)118-68)38(91)25(123-66)12-114-71-60(47(100)35(88)21(7-78)119-71)132-69-52(105)46(99)37(90)28(125-69)14-133(109,110)111/h15,19-72,76-81,85-108H,5-14H2,1-4H3,(H,73,82)(H,74,83)(H,75,84)(H2,109,110,111)/t15-,19+,20+,21+,22+,23+,24+,25+,26+,27+,28+,29+,30+,31+,32+,33-,34+,35+,36+,37+,38+,39+,40+,41+,42+,43+,44-,45-,46-,47-,48-,49-,50+,51-,52-,53-,54-,55+,56+,57+,58-,59-,60-,61-,62?,63-,64-,65+,66-,67-,68+,69+,70-,71-,72+/m0/s1. The van der Waals surface area contributed by atoms with Gasteiger partial charge >= 0.3 is 7.60 Å². The van der Waals surface area contributed by atoms with Crippen LogP contribution in [0.15, 0.2) is 0 Å². The van der Waals surface area contributed by atoms with Crippen LogP contribution in [0.25, 0.3) is 0 Å². The van der Waals surface area contributed by atoms with Crippen molar-refractivity contribution in [3.63, 3.8) is 0 Å². The first kappa shape index (κ1) is 110. The van der Waals surface area contributed by atoms with E-state index in [-0.39, 0.29) is 0 Å². The lowest BCUT2D eigenvalue weighted by atomic mass is 9.93. The number of aliphatic hydroxyl groups is 30. The topological polar surface area (TPSA) is 946 Å². The Morgan fingerprint density at radius 2 is 0.519 bits per heavy atom. The van der Waals surface area contributed by atoms with Gasteiger partial charge in [0.15, 0.2) is 69.2 Å². The zero-order valence-electron chi connectivity index (χ0n) is 70.8. The summed E-state index contributed by atoms with van der Waals surface area (Å²) in [7, 11) is -5.13. The van der Waals surface area contributed by atoms with E-state index in [1.54, 1.807) is 0 Å². The fourth-order valence-corrected chi connectivity index (χ4v) is 17.8. The van der Waals surface area contributed by atoms with Crippen molar-refractivity contribution in [1.82, 2.24) is 16.0 Å². The molecule has 0 aromatic rings. The van der Waals surface area contributed by atoms with Gasteiger partial charge in [0.05, 0.1) is 71.7 Å². The molecule has 11 aliphatic heterocycles. The van der Waals surface area contributed by atoms with Crippen molar-refractivity contribution >= 4 is 25.3 Å². The second kappa shape index (κ2) is 47.2. The van der Waals surface area contributed by atoms with Gasteiger partial charge in [0.1, 0.15) is 262 Å². The Hall–Kier alpha value is -3.48. The summed E-state index contributed by atoms with van der Waals surface area (Å²) in [4.78, 5) is 58.4. The SMILES string of the molecule is CC(=O)N[C@H]1[C@H](O[C@H]2[C@H](O)[C@@H](NC(C)=O)C(O)O[C@@H]2CO[C@@H]2O[C@@H](C)[C@@H](O)[C@@H](O)[C@@H]2O)O[C@H](CO)[C@@H](O[C@@H]2O[C@H](CO[C@H]3O[C@H](CO[C@H]4O[C@H](CO)[C@@H](O)[C@H](O)[C@@H]4O[C@H]4O[C@H](CP(=O)(O)O)[C@@H](O)[C@H](O)[C@@H]4O)[C@@H](O)[C@H](O[C@H]4O[C@H](CO)[C@@H](O)[C@H](O)[C@@H]4O)[C@@H]3O)[C@@H](O)[C@H](O[C@H]3O[C@H](CO)[C@@H](O)[C@H](O)[C@@H]3O[C@@H]3O[C@H](CO)[C@@H](O[C@@H]4O[C@H](CO)[C@H](O)[C@H](O)[C@H]4O)[C@H](O)[C@H]3NC(C)=O)[C@@H]2O)[C@@H]1O. The molecule has 11 saturated heterocycles. The fraction of sp³-hybridized carbons (Fsp3) is 0.958. The monoisotopic (exact) mass is 1970 g/mol. The van der Waals surface area contributed by atoms with Gasteiger partial charge < -0.3 is 278 Å². The maximum atomic E-state index is 13.3. The summed E-state index contributed by atoms with van der Waals surface area (Å²) in [5.41, 5.74) is 0. The van der Waals surface area contributed by atoms with Crippen molar-refractivity contribution in [2.24, 2.45) is 0 Å². The van der Waals surface area contributed by atoms with Crippen LogP contribution in [0.3, 0.4) is 0 Å². The van der Waals surface area contributed by atoms with Gasteiger partial charge in [-0.05, 0) is 6.92 Å². The first-order valence-electron chi connectivity index (χ1n) is 42.1. The number of aliphatic hydroxyl groups excluding tert-OH is 30. The summed E-state index contributed by atoms with van der Waals surface area (Å²) in [5, 5.41) is 344. The van der Waals surface area contributed by atoms with Crippen LogP contribution in [0.2, 0.25) is 0 Å². The third kappa shape index (κ3) is 24.7. The highest BCUT2D eigenvalue weighted by Gasteiger charge is 2.62. The third-order valence-electron chi connectivity index (χ3n) is 24.3. The molecule has 1 unspecified atom stereocenters. The second-order valence-electron chi connectivity index (χ2n) is 33.8. The van der Waals surface area contributed by atoms with Crippen molar-refractivity contribution in [2.75, 3.05) is 65.6 Å². The lowest BCUT2D eigenvalue weighted by Gasteiger charge is -2.51. The van der Waals surface area contributed by atoms with Crippen LogP contribution in [0, 0.1) is 0 Å². The first-order chi connectivity index (χ1) is 62.6. The minimum absolute atomic E-state index is 0.872. The summed E-state index contributed by atoms with van der Waals surface area (Å²) in [6, 6.07) is -5.90. The van der Waals surface area contributed by atoms with E-state index >= 15 is 0 Å². The second-order valence-corrected chi connectivity index (χ2v) is 35.5. The molecule has 0 saturated carbocycles. The molecule has 0 aromatic heterocycles. The van der Waals surface area contributed by atoms with E-state index in [1.165, 1.54) is 6.92 Å². The highest BCUT2D eigenvalue weighted by molar-refractivity contribution is 7.51. The van der Waals surface area contributed by atoms with Crippen LogP contribution < -0.4 is 16.0 Å². The molecule has 11 rings (SSSR count). The molecule has 11 heterocycles. The van der Waals surface area contributed by atoms with E-state index in [4.69, 9.17) is 99.5 Å². The Kier molecular flexibility index (Phi) is 39.0. The Morgan fingerprint density at radius 3 is 0.947 bits per heavy atom. The van der Waals surface area contributed by atoms with Crippen LogP contribution in [0.4, 0.5) is 0 Å². The van der Waals surface area contributed by atoms with E-state index < -0.39 is 429 Å². The lowest BCUT2D eigenvalue weighted by Crippen LogP contribution is -2.71. The smallest absolute Gasteiger partial charge is 0.328 e. The van der Waals surface area contributed by atoms with Gasteiger partial charge in [-0.2, -0.15) is 0 Å². The quantitative estimate of drug-likeness (QED) is 0.0266. The summed E-state index contributed by atoms with van der Waals surface area (Å²) in [5.74, 6) is -2.91. The summed E-state index contributed by atoms with van der Waals surface area (Å²) >= 11 is 0. The predicted octanol–water partition coefficient (Wildman–Crippen LogP) is -23.3. The van der Waals surface area contributed by atoms with Crippen molar-refractivity contribution in [2.45, 2.75) is 365 Å². The number of hydrogen-bond acceptors (Lipinski definition) is 55. The van der Waals surface area contributed by atoms with Gasteiger partial charge in [0, 0.05) is 20.8 Å². The minimum Gasteiger partial charge on any atom is -0.394 e. The van der Waals surface area contributed by atoms with Crippen molar-refractivity contribution in [3.05, 3.63) is 0 Å². The molecular weight excluding hydrogens is 1850 g/mol. The van der Waals surface area contributed by atoms with E-state index in [0.717, 1.165) is 20.8 Å². The maximum Gasteiger partial charge on any atom is 0.328 e. The van der Waals surface area contributed by atoms with Gasteiger partial charge in [0.25, 0.3) is 0 Å². The number of rotatable bonds is 34. The molecule has 133 heavy (non-hydrogen) atoms. The van der Waals surface area contributed by atoms with Crippen LogP contribution in [-0.4, -0.2) is 584 Å². The number of ether oxygens (including phenoxy) is 21. The van der Waals surface area contributed by atoms with E-state index in [2.05, 4.69) is 16.0 Å². The van der Waals surface area contributed by atoms with Crippen LogP contribution in [0.1, 0.15) is 27.7 Å². The summed E-state index contributed by atoms with van der Waals surface area (Å²) in [6.45, 7) is -6.43. The highest BCUT2D eigenvalue weighted by atomic mass is 31.2. The van der Waals surface area contributed by atoms with Gasteiger partial charge in [-0.15, -0.1) is 0 Å². The summed E-state index contributed by atoms with van der Waals surface area (Å²) in [6.07, 6.45) is -114. The number of hydrogen-bond donors (Lipinski definition) is 35. The number of nitrogens with one attached hydrogen (secondary N) is 3. The predicted molar refractivity (Wildman–Crippen MR) is 406 cm³/mol. The number of carbonyl (C=O) groups is 3. The highest BCUT2D eigenvalue weighted by Crippen LogP contribution is 2.43. The van der Waals surface area contributed by atoms with Crippen LogP contribution >= 0.6 is 7.60 Å². The van der Waals surface area contributed by atoms with Gasteiger partial charge in [-0.25, -0.2) is 0 Å². The molecule has 55 atom stereocenters. The Morgan fingerprint density at radius 1 is 0.248 bits per heavy atom. The van der Waals surface area contributed by atoms with Gasteiger partial charge in [0.2, 0.25) is 17.7 Å². The van der Waals surface area contributed by atoms with Crippen molar-refractivity contribution < 1.29 is 281 Å². The van der Waals surface area contributed by atoms with Crippen molar-refractivity contribution in [3.8, 4) is 0 Å².